The largest absolute Gasteiger partial charge is 0.391 e. The van der Waals surface area contributed by atoms with E-state index in [1.165, 1.54) is 0 Å². The molecule has 15 heavy (non-hydrogen) atoms. The van der Waals surface area contributed by atoms with Crippen LogP contribution in [0.5, 0.6) is 0 Å². The molecular weight excluding hydrogens is 214 g/mol. The van der Waals surface area contributed by atoms with E-state index in [-0.39, 0.29) is 18.0 Å². The number of nitrogens with zero attached hydrogens (tertiary/aromatic N) is 1. The molecule has 0 aromatic rings. The molecule has 0 radical (unpaired) electrons. The van der Waals surface area contributed by atoms with Crippen LogP contribution in [0.4, 0.5) is 0 Å². The Morgan fingerprint density at radius 2 is 1.93 bits per heavy atom. The van der Waals surface area contributed by atoms with Crippen LogP contribution in [0.2, 0.25) is 0 Å². The van der Waals surface area contributed by atoms with Crippen molar-refractivity contribution in [3.8, 4) is 0 Å². The molecule has 0 spiro atoms. The van der Waals surface area contributed by atoms with Crippen molar-refractivity contribution in [1.82, 2.24) is 4.31 Å². The number of piperidine rings is 2. The predicted octanol–water partition coefficient (Wildman–Crippen LogP) is 0.178. The first kappa shape index (κ1) is 10.1. The second kappa shape index (κ2) is 2.41. The van der Waals surface area contributed by atoms with E-state index in [0.717, 1.165) is 6.42 Å². The Labute approximate surface area is 90.3 Å². The quantitative estimate of drug-likeness (QED) is 0.700. The highest BCUT2D eigenvalue weighted by atomic mass is 32.2. The Bertz CT molecular complexity index is 411. The second-order valence-corrected chi connectivity index (χ2v) is 8.57. The smallest absolute Gasteiger partial charge is 0.219 e. The Hall–Kier alpha value is -0.130. The van der Waals surface area contributed by atoms with Gasteiger partial charge in [0, 0.05) is 12.0 Å². The summed E-state index contributed by atoms with van der Waals surface area (Å²) in [4.78, 5) is 0. The summed E-state index contributed by atoms with van der Waals surface area (Å²) in [6, 6.07) is -0.0107. The molecule has 2 unspecified atom stereocenters. The standard InChI is InChI=1S/C10H17NO3S/c1-10(2,3)15(13,14)11-6-4-5-7(8(5)11)9(6)12/h5-9,12H,4H2,1-3H3/t5?,6-,7?,8+,9-/m0/s1. The average molecular weight is 231 g/mol. The van der Waals surface area contributed by atoms with Crippen LogP contribution in [0.1, 0.15) is 27.2 Å². The average Bonchev–Trinajstić information content (AvgIpc) is 2.39. The Morgan fingerprint density at radius 1 is 1.33 bits per heavy atom. The van der Waals surface area contributed by atoms with Gasteiger partial charge in [-0.3, -0.25) is 0 Å². The lowest BCUT2D eigenvalue weighted by Gasteiger charge is -2.29. The fraction of sp³-hybridized carbons (Fsp3) is 1.00. The van der Waals surface area contributed by atoms with Gasteiger partial charge in [0.05, 0.1) is 16.9 Å². The van der Waals surface area contributed by atoms with Crippen LogP contribution >= 0.6 is 0 Å². The maximum atomic E-state index is 12.3. The molecule has 4 nitrogen and oxygen atoms in total. The summed E-state index contributed by atoms with van der Waals surface area (Å²) in [5, 5.41) is 9.84. The highest BCUT2D eigenvalue weighted by molar-refractivity contribution is 7.90. The summed E-state index contributed by atoms with van der Waals surface area (Å²) in [5.41, 5.74) is 0. The minimum absolute atomic E-state index is 0.120. The van der Waals surface area contributed by atoms with Gasteiger partial charge in [0.25, 0.3) is 0 Å². The molecule has 86 valence electrons. The third-order valence-electron chi connectivity index (χ3n) is 4.16. The van der Waals surface area contributed by atoms with Gasteiger partial charge in [0.15, 0.2) is 0 Å². The highest BCUT2D eigenvalue weighted by Crippen LogP contribution is 2.65. The number of sulfonamides is 1. The molecule has 2 saturated heterocycles. The molecule has 0 aromatic carbocycles. The minimum atomic E-state index is -3.25. The molecule has 2 saturated carbocycles. The number of aliphatic hydroxyl groups is 1. The molecule has 4 bridgehead atoms. The monoisotopic (exact) mass is 231 g/mol. The summed E-state index contributed by atoms with van der Waals surface area (Å²) in [7, 11) is -3.25. The normalized spacial score (nSPS) is 48.7. The van der Waals surface area contributed by atoms with E-state index in [4.69, 9.17) is 0 Å². The van der Waals surface area contributed by atoms with Crippen molar-refractivity contribution in [3.05, 3.63) is 0 Å². The molecule has 2 aliphatic carbocycles. The van der Waals surface area contributed by atoms with Gasteiger partial charge in [-0.05, 0) is 33.1 Å². The zero-order valence-electron chi connectivity index (χ0n) is 9.21. The van der Waals surface area contributed by atoms with E-state index in [1.54, 1.807) is 25.1 Å². The summed E-state index contributed by atoms with van der Waals surface area (Å²) in [6.45, 7) is 5.17. The molecule has 0 aromatic heterocycles. The lowest BCUT2D eigenvalue weighted by atomic mass is 10.2. The first-order valence-electron chi connectivity index (χ1n) is 5.48. The van der Waals surface area contributed by atoms with Crippen LogP contribution in [0, 0.1) is 11.8 Å². The maximum absolute atomic E-state index is 12.3. The van der Waals surface area contributed by atoms with Crippen LogP contribution in [0.3, 0.4) is 0 Å². The number of rotatable bonds is 1. The number of hydrogen-bond acceptors (Lipinski definition) is 3. The van der Waals surface area contributed by atoms with Crippen LogP contribution in [-0.2, 0) is 10.0 Å². The summed E-state index contributed by atoms with van der Waals surface area (Å²) in [6.07, 6.45) is 0.461. The van der Waals surface area contributed by atoms with Crippen molar-refractivity contribution < 1.29 is 13.5 Å². The SMILES string of the molecule is CC(C)(C)S(=O)(=O)N1[C@@H]2C3C[C@H]1[C@H](O)C32. The topological polar surface area (TPSA) is 57.6 Å². The van der Waals surface area contributed by atoms with Gasteiger partial charge in [-0.1, -0.05) is 0 Å². The van der Waals surface area contributed by atoms with E-state index >= 15 is 0 Å². The summed E-state index contributed by atoms with van der Waals surface area (Å²) < 4.78 is 25.4. The van der Waals surface area contributed by atoms with E-state index in [2.05, 4.69) is 0 Å². The molecular formula is C10H17NO3S. The lowest BCUT2D eigenvalue weighted by molar-refractivity contribution is 0.142. The molecule has 0 amide bonds. The van der Waals surface area contributed by atoms with Crippen LogP contribution in [0.25, 0.3) is 0 Å². The fourth-order valence-corrected chi connectivity index (χ4v) is 5.11. The molecule has 2 aliphatic heterocycles. The molecule has 5 atom stereocenters. The van der Waals surface area contributed by atoms with Crippen molar-refractivity contribution in [3.63, 3.8) is 0 Å². The van der Waals surface area contributed by atoms with E-state index in [1.807, 2.05) is 0 Å². The molecule has 2 heterocycles. The summed E-state index contributed by atoms with van der Waals surface area (Å²) >= 11 is 0. The van der Waals surface area contributed by atoms with Gasteiger partial charge in [0.2, 0.25) is 10.0 Å². The van der Waals surface area contributed by atoms with Gasteiger partial charge < -0.3 is 5.11 Å². The minimum Gasteiger partial charge on any atom is -0.391 e. The van der Waals surface area contributed by atoms with Crippen LogP contribution in [0.15, 0.2) is 0 Å². The number of aliphatic hydroxyl groups excluding tert-OH is 1. The van der Waals surface area contributed by atoms with Crippen LogP contribution < -0.4 is 0 Å². The predicted molar refractivity (Wildman–Crippen MR) is 55.7 cm³/mol. The van der Waals surface area contributed by atoms with Crippen molar-refractivity contribution in [2.45, 2.75) is 50.1 Å². The third-order valence-corrected chi connectivity index (χ3v) is 6.78. The zero-order valence-corrected chi connectivity index (χ0v) is 10.0. The van der Waals surface area contributed by atoms with Gasteiger partial charge in [-0.25, -0.2) is 8.42 Å². The third kappa shape index (κ3) is 0.971. The van der Waals surface area contributed by atoms with Gasteiger partial charge in [0.1, 0.15) is 0 Å². The molecule has 1 N–H and O–H groups in total. The Kier molecular flexibility index (Phi) is 1.62. The van der Waals surface area contributed by atoms with Crippen LogP contribution in [-0.4, -0.2) is 40.8 Å². The highest BCUT2D eigenvalue weighted by Gasteiger charge is 2.76. The fourth-order valence-electron chi connectivity index (χ4n) is 3.30. The molecule has 4 fully saturated rings. The van der Waals surface area contributed by atoms with Crippen molar-refractivity contribution in [1.29, 1.82) is 0 Å². The van der Waals surface area contributed by atoms with Crippen molar-refractivity contribution in [2.24, 2.45) is 11.8 Å². The first-order chi connectivity index (χ1) is 6.77. The molecule has 5 heteroatoms. The van der Waals surface area contributed by atoms with E-state index in [0.29, 0.717) is 5.92 Å². The molecule has 4 aliphatic rings. The summed E-state index contributed by atoms with van der Waals surface area (Å²) in [5.74, 6) is 0.689. The van der Waals surface area contributed by atoms with Gasteiger partial charge >= 0.3 is 0 Å². The van der Waals surface area contributed by atoms with Crippen molar-refractivity contribution in [2.75, 3.05) is 0 Å². The zero-order chi connectivity index (χ0) is 11.2. The second-order valence-electron chi connectivity index (χ2n) is 5.97. The molecule has 4 rings (SSSR count). The van der Waals surface area contributed by atoms with Gasteiger partial charge in [-0.2, -0.15) is 4.31 Å². The van der Waals surface area contributed by atoms with Gasteiger partial charge in [-0.15, -0.1) is 0 Å². The number of hydrogen-bond donors (Lipinski definition) is 1. The Morgan fingerprint density at radius 3 is 2.20 bits per heavy atom. The van der Waals surface area contributed by atoms with E-state index < -0.39 is 20.9 Å². The maximum Gasteiger partial charge on any atom is 0.219 e. The first-order valence-corrected chi connectivity index (χ1v) is 6.92. The lowest BCUT2D eigenvalue weighted by Crippen LogP contribution is -2.46. The van der Waals surface area contributed by atoms with E-state index in [9.17, 15) is 13.5 Å². The van der Waals surface area contributed by atoms with Crippen molar-refractivity contribution >= 4 is 10.0 Å². The Balaban J connectivity index is 1.99.